The van der Waals surface area contributed by atoms with E-state index in [0.717, 1.165) is 5.56 Å². The van der Waals surface area contributed by atoms with E-state index in [0.29, 0.717) is 11.6 Å². The van der Waals surface area contributed by atoms with Crippen molar-refractivity contribution in [2.45, 2.75) is 19.4 Å². The molecule has 1 fully saturated rings. The van der Waals surface area contributed by atoms with Crippen LogP contribution in [-0.4, -0.2) is 32.6 Å². The Morgan fingerprint density at radius 3 is 2.48 bits per heavy atom. The molecule has 0 aliphatic carbocycles. The first-order valence-corrected chi connectivity index (χ1v) is 6.88. The third-order valence-corrected chi connectivity index (χ3v) is 3.31. The van der Waals surface area contributed by atoms with Crippen molar-refractivity contribution in [2.75, 3.05) is 0 Å². The van der Waals surface area contributed by atoms with E-state index < -0.39 is 17.8 Å². The number of hydrogen-bond acceptors (Lipinski definition) is 5. The molecule has 23 heavy (non-hydrogen) atoms. The molecule has 1 aromatic heterocycles. The van der Waals surface area contributed by atoms with Gasteiger partial charge in [0.05, 0.1) is 18.3 Å². The summed E-state index contributed by atoms with van der Waals surface area (Å²) in [5.41, 5.74) is 0.916. The van der Waals surface area contributed by atoms with Crippen molar-refractivity contribution >= 4 is 17.8 Å². The van der Waals surface area contributed by atoms with Gasteiger partial charge in [0.15, 0.2) is 0 Å². The fourth-order valence-corrected chi connectivity index (χ4v) is 2.13. The molecule has 8 heteroatoms. The van der Waals surface area contributed by atoms with Crippen LogP contribution >= 0.6 is 0 Å². The van der Waals surface area contributed by atoms with Gasteiger partial charge in [0.25, 0.3) is 11.8 Å². The van der Waals surface area contributed by atoms with Crippen LogP contribution < -0.4 is 0 Å². The summed E-state index contributed by atoms with van der Waals surface area (Å²) < 4.78 is 14.3. The zero-order valence-electron chi connectivity index (χ0n) is 11.9. The van der Waals surface area contributed by atoms with Crippen LogP contribution in [0.25, 0.3) is 0 Å². The summed E-state index contributed by atoms with van der Waals surface area (Å²) in [5, 5.41) is 4.49. The van der Waals surface area contributed by atoms with Crippen molar-refractivity contribution in [3.05, 3.63) is 53.6 Å². The third kappa shape index (κ3) is 3.25. The highest BCUT2D eigenvalue weighted by molar-refractivity contribution is 6.02. The van der Waals surface area contributed by atoms with E-state index >= 15 is 0 Å². The van der Waals surface area contributed by atoms with Crippen LogP contribution in [0.4, 0.5) is 4.39 Å². The number of carbonyl (C=O) groups is 3. The number of benzene rings is 1. The van der Waals surface area contributed by atoms with E-state index in [1.54, 1.807) is 12.1 Å². The first-order valence-electron chi connectivity index (χ1n) is 6.88. The Labute approximate surface area is 130 Å². The van der Waals surface area contributed by atoms with E-state index in [9.17, 15) is 18.8 Å². The maximum absolute atomic E-state index is 12.8. The lowest BCUT2D eigenvalue weighted by Gasteiger charge is -2.11. The van der Waals surface area contributed by atoms with Crippen LogP contribution in [0.15, 0.2) is 36.7 Å². The number of hydrogen-bond donors (Lipinski definition) is 0. The van der Waals surface area contributed by atoms with Crippen molar-refractivity contribution < 1.29 is 23.6 Å². The van der Waals surface area contributed by atoms with E-state index in [1.807, 2.05) is 0 Å². The topological polar surface area (TPSA) is 81.5 Å². The Morgan fingerprint density at radius 2 is 1.83 bits per heavy atom. The highest BCUT2D eigenvalue weighted by Crippen LogP contribution is 2.14. The van der Waals surface area contributed by atoms with Gasteiger partial charge in [-0.1, -0.05) is 12.1 Å². The molecule has 0 saturated carbocycles. The third-order valence-electron chi connectivity index (χ3n) is 3.31. The van der Waals surface area contributed by atoms with Gasteiger partial charge in [0.2, 0.25) is 0 Å². The zero-order valence-corrected chi connectivity index (χ0v) is 11.9. The SMILES string of the molecule is O=C(ON1C(=O)CCC1=O)c1cnn(Cc2ccc(F)cc2)c1. The fourth-order valence-electron chi connectivity index (χ4n) is 2.13. The first-order chi connectivity index (χ1) is 11.0. The Bertz CT molecular complexity index is 753. The van der Waals surface area contributed by atoms with Gasteiger partial charge >= 0.3 is 5.97 Å². The normalized spacial score (nSPS) is 14.4. The quantitative estimate of drug-likeness (QED) is 0.794. The monoisotopic (exact) mass is 317 g/mol. The summed E-state index contributed by atoms with van der Waals surface area (Å²) in [7, 11) is 0. The van der Waals surface area contributed by atoms with Crippen molar-refractivity contribution in [1.29, 1.82) is 0 Å². The van der Waals surface area contributed by atoms with E-state index in [1.165, 1.54) is 29.2 Å². The molecule has 0 N–H and O–H groups in total. The summed E-state index contributed by atoms with van der Waals surface area (Å²) in [5.74, 6) is -2.25. The number of nitrogens with zero attached hydrogens (tertiary/aromatic N) is 3. The summed E-state index contributed by atoms with van der Waals surface area (Å²) in [4.78, 5) is 39.5. The number of imide groups is 1. The largest absolute Gasteiger partial charge is 0.367 e. The summed E-state index contributed by atoms with van der Waals surface area (Å²) >= 11 is 0. The number of amides is 2. The van der Waals surface area contributed by atoms with Gasteiger partial charge in [-0.15, -0.1) is 5.06 Å². The lowest BCUT2D eigenvalue weighted by Crippen LogP contribution is -2.31. The Kier molecular flexibility index (Phi) is 3.88. The maximum atomic E-state index is 12.8. The molecule has 118 valence electrons. The average Bonchev–Trinajstić information content (AvgIpc) is 3.11. The lowest BCUT2D eigenvalue weighted by molar-refractivity contribution is -0.172. The predicted octanol–water partition coefficient (Wildman–Crippen LogP) is 1.29. The molecule has 2 amide bonds. The first kappa shape index (κ1) is 14.9. The average molecular weight is 317 g/mol. The molecule has 3 rings (SSSR count). The number of rotatable bonds is 4. The van der Waals surface area contributed by atoms with Crippen molar-refractivity contribution in [2.24, 2.45) is 0 Å². The fraction of sp³-hybridized carbons (Fsp3) is 0.200. The second kappa shape index (κ2) is 5.99. The Hall–Kier alpha value is -3.03. The van der Waals surface area contributed by atoms with Gasteiger partial charge in [-0.05, 0) is 17.7 Å². The Balaban J connectivity index is 1.66. The number of carbonyl (C=O) groups excluding carboxylic acids is 3. The van der Waals surface area contributed by atoms with Gasteiger partial charge < -0.3 is 4.84 Å². The lowest BCUT2D eigenvalue weighted by atomic mass is 10.2. The minimum Gasteiger partial charge on any atom is -0.325 e. The van der Waals surface area contributed by atoms with Crippen LogP contribution in [-0.2, 0) is 21.0 Å². The molecular weight excluding hydrogens is 305 g/mol. The summed E-state index contributed by atoms with van der Waals surface area (Å²) in [6.45, 7) is 0.342. The number of aromatic nitrogens is 2. The minimum atomic E-state index is -0.834. The highest BCUT2D eigenvalue weighted by Gasteiger charge is 2.33. The molecule has 0 radical (unpaired) electrons. The van der Waals surface area contributed by atoms with Gasteiger partial charge in [-0.3, -0.25) is 14.3 Å². The second-order valence-electron chi connectivity index (χ2n) is 5.01. The highest BCUT2D eigenvalue weighted by atomic mass is 19.1. The molecule has 0 bridgehead atoms. The van der Waals surface area contributed by atoms with Gasteiger partial charge in [-0.2, -0.15) is 5.10 Å². The van der Waals surface area contributed by atoms with Crippen LogP contribution in [0.1, 0.15) is 28.8 Å². The standard InChI is InChI=1S/C15H12FN3O4/c16-12-3-1-10(2-4-12)8-18-9-11(7-17-18)15(22)23-19-13(20)5-6-14(19)21/h1-4,7,9H,5-6,8H2. The number of halogens is 1. The second-order valence-corrected chi connectivity index (χ2v) is 5.01. The molecule has 0 unspecified atom stereocenters. The molecule has 1 aliphatic rings. The molecule has 0 spiro atoms. The zero-order chi connectivity index (χ0) is 16.4. The van der Waals surface area contributed by atoms with Crippen molar-refractivity contribution in [3.8, 4) is 0 Å². The molecule has 1 saturated heterocycles. The molecular formula is C15H12FN3O4. The molecule has 1 aromatic carbocycles. The summed E-state index contributed by atoms with van der Waals surface area (Å²) in [6, 6.07) is 5.88. The maximum Gasteiger partial charge on any atom is 0.367 e. The van der Waals surface area contributed by atoms with Crippen molar-refractivity contribution in [3.63, 3.8) is 0 Å². The van der Waals surface area contributed by atoms with Crippen LogP contribution in [0.3, 0.4) is 0 Å². The summed E-state index contributed by atoms with van der Waals surface area (Å²) in [6.07, 6.45) is 2.78. The smallest absolute Gasteiger partial charge is 0.325 e. The van der Waals surface area contributed by atoms with Gasteiger partial charge in [0.1, 0.15) is 5.82 Å². The number of hydroxylamine groups is 2. The van der Waals surface area contributed by atoms with E-state index in [4.69, 9.17) is 4.84 Å². The van der Waals surface area contributed by atoms with Gasteiger partial charge in [0, 0.05) is 19.0 Å². The van der Waals surface area contributed by atoms with Crippen LogP contribution in [0.5, 0.6) is 0 Å². The predicted molar refractivity (Wildman–Crippen MR) is 74.2 cm³/mol. The molecule has 1 aliphatic heterocycles. The minimum absolute atomic E-state index is 0.0376. The Morgan fingerprint density at radius 1 is 1.17 bits per heavy atom. The van der Waals surface area contributed by atoms with E-state index in [2.05, 4.69) is 5.10 Å². The molecule has 0 atom stereocenters. The van der Waals surface area contributed by atoms with Crippen LogP contribution in [0, 0.1) is 5.82 Å². The van der Waals surface area contributed by atoms with Crippen molar-refractivity contribution in [1.82, 2.24) is 14.8 Å². The van der Waals surface area contributed by atoms with Crippen LogP contribution in [0.2, 0.25) is 0 Å². The van der Waals surface area contributed by atoms with Gasteiger partial charge in [-0.25, -0.2) is 9.18 Å². The molecule has 2 aromatic rings. The molecule has 7 nitrogen and oxygen atoms in total. The molecule has 2 heterocycles. The van der Waals surface area contributed by atoms with E-state index in [-0.39, 0.29) is 24.2 Å².